The SMILES string of the molecule is CN1CCN(C(=NCC2CCS(=O)(=O)C2)NC2CCCC2)CC1C#N. The molecule has 1 saturated carbocycles. The molecule has 0 aromatic carbocycles. The van der Waals surface area contributed by atoms with E-state index in [0.717, 1.165) is 31.9 Å². The van der Waals surface area contributed by atoms with Gasteiger partial charge in [0.2, 0.25) is 0 Å². The van der Waals surface area contributed by atoms with Crippen molar-refractivity contribution in [3.8, 4) is 6.07 Å². The normalized spacial score (nSPS) is 31.2. The zero-order valence-electron chi connectivity index (χ0n) is 15.0. The molecule has 2 aliphatic heterocycles. The van der Waals surface area contributed by atoms with Crippen molar-refractivity contribution < 1.29 is 8.42 Å². The quantitative estimate of drug-likeness (QED) is 0.575. The molecule has 2 heterocycles. The van der Waals surface area contributed by atoms with Gasteiger partial charge in [0.15, 0.2) is 15.8 Å². The summed E-state index contributed by atoms with van der Waals surface area (Å²) in [5, 5.41) is 12.9. The molecule has 2 atom stereocenters. The van der Waals surface area contributed by atoms with Crippen molar-refractivity contribution in [2.24, 2.45) is 10.9 Å². The Morgan fingerprint density at radius 2 is 2.04 bits per heavy atom. The number of piperazine rings is 1. The molecule has 2 saturated heterocycles. The Kier molecular flexibility index (Phi) is 5.85. The Hall–Kier alpha value is -1.33. The second-order valence-corrected chi connectivity index (χ2v) is 9.86. The fraction of sp³-hybridized carbons (Fsp3) is 0.882. The summed E-state index contributed by atoms with van der Waals surface area (Å²) in [5.74, 6) is 1.55. The molecule has 7 nitrogen and oxygen atoms in total. The van der Waals surface area contributed by atoms with E-state index < -0.39 is 9.84 Å². The number of nitrogens with one attached hydrogen (secondary N) is 1. The van der Waals surface area contributed by atoms with Gasteiger partial charge in [-0.3, -0.25) is 9.89 Å². The molecule has 0 spiro atoms. The minimum absolute atomic E-state index is 0.129. The van der Waals surface area contributed by atoms with E-state index in [9.17, 15) is 13.7 Å². The van der Waals surface area contributed by atoms with Crippen LogP contribution in [0.25, 0.3) is 0 Å². The van der Waals surface area contributed by atoms with Crippen LogP contribution in [-0.2, 0) is 9.84 Å². The zero-order valence-corrected chi connectivity index (χ0v) is 15.8. The number of rotatable bonds is 3. The summed E-state index contributed by atoms with van der Waals surface area (Å²) in [6.07, 6.45) is 5.52. The van der Waals surface area contributed by atoms with E-state index in [-0.39, 0.29) is 17.7 Å². The number of guanidine groups is 1. The molecule has 3 aliphatic rings. The maximum atomic E-state index is 11.7. The number of likely N-dealkylation sites (N-methyl/N-ethyl adjacent to an activating group) is 1. The van der Waals surface area contributed by atoms with E-state index in [0.29, 0.717) is 31.3 Å². The first-order valence-corrected chi connectivity index (χ1v) is 11.2. The molecule has 0 aromatic rings. The lowest BCUT2D eigenvalue weighted by atomic mass is 10.1. The van der Waals surface area contributed by atoms with Gasteiger partial charge in [-0.2, -0.15) is 5.26 Å². The summed E-state index contributed by atoms with van der Waals surface area (Å²) >= 11 is 0. The van der Waals surface area contributed by atoms with E-state index in [1.807, 2.05) is 7.05 Å². The van der Waals surface area contributed by atoms with Crippen LogP contribution < -0.4 is 5.32 Å². The molecule has 1 aliphatic carbocycles. The van der Waals surface area contributed by atoms with Gasteiger partial charge >= 0.3 is 0 Å². The topological polar surface area (TPSA) is 88.8 Å². The van der Waals surface area contributed by atoms with Crippen LogP contribution in [0.2, 0.25) is 0 Å². The Labute approximate surface area is 151 Å². The molecule has 2 unspecified atom stereocenters. The summed E-state index contributed by atoms with van der Waals surface area (Å²) in [5.41, 5.74) is 0. The Morgan fingerprint density at radius 1 is 1.28 bits per heavy atom. The molecule has 140 valence electrons. The van der Waals surface area contributed by atoms with Gasteiger partial charge in [-0.05, 0) is 32.2 Å². The number of nitriles is 1. The van der Waals surface area contributed by atoms with Gasteiger partial charge in [0.25, 0.3) is 0 Å². The number of aliphatic imine (C=N–C) groups is 1. The van der Waals surface area contributed by atoms with Crippen molar-refractivity contribution in [2.45, 2.75) is 44.2 Å². The molecule has 8 heteroatoms. The lowest BCUT2D eigenvalue weighted by Gasteiger charge is -2.38. The van der Waals surface area contributed by atoms with Gasteiger partial charge in [-0.15, -0.1) is 0 Å². The molecular formula is C17H29N5O2S. The minimum atomic E-state index is -2.86. The van der Waals surface area contributed by atoms with Crippen molar-refractivity contribution in [3.05, 3.63) is 0 Å². The lowest BCUT2D eigenvalue weighted by Crippen LogP contribution is -2.56. The Balaban J connectivity index is 1.68. The number of sulfone groups is 1. The number of nitrogens with zero attached hydrogens (tertiary/aromatic N) is 4. The molecule has 25 heavy (non-hydrogen) atoms. The van der Waals surface area contributed by atoms with E-state index >= 15 is 0 Å². The molecule has 0 radical (unpaired) electrons. The fourth-order valence-electron chi connectivity index (χ4n) is 3.93. The lowest BCUT2D eigenvalue weighted by molar-refractivity contribution is 0.170. The third-order valence-corrected chi connectivity index (χ3v) is 7.45. The molecule has 0 amide bonds. The van der Waals surface area contributed by atoms with Crippen molar-refractivity contribution in [3.63, 3.8) is 0 Å². The molecule has 0 aromatic heterocycles. The second kappa shape index (κ2) is 7.92. The largest absolute Gasteiger partial charge is 0.354 e. The van der Waals surface area contributed by atoms with Crippen LogP contribution in [-0.4, -0.2) is 81.0 Å². The monoisotopic (exact) mass is 367 g/mol. The zero-order chi connectivity index (χ0) is 17.9. The average molecular weight is 368 g/mol. The van der Waals surface area contributed by atoms with Crippen LogP contribution in [0.3, 0.4) is 0 Å². The predicted octanol–water partition coefficient (Wildman–Crippen LogP) is 0.449. The smallest absolute Gasteiger partial charge is 0.194 e. The van der Waals surface area contributed by atoms with E-state index in [1.54, 1.807) is 0 Å². The number of hydrogen-bond acceptors (Lipinski definition) is 5. The van der Waals surface area contributed by atoms with Crippen LogP contribution in [0.4, 0.5) is 0 Å². The van der Waals surface area contributed by atoms with E-state index in [1.165, 1.54) is 12.8 Å². The summed E-state index contributed by atoms with van der Waals surface area (Å²) in [4.78, 5) is 9.04. The molecule has 3 fully saturated rings. The van der Waals surface area contributed by atoms with Crippen molar-refractivity contribution in [1.29, 1.82) is 5.26 Å². The minimum Gasteiger partial charge on any atom is -0.354 e. The second-order valence-electron chi connectivity index (χ2n) is 7.63. The fourth-order valence-corrected chi connectivity index (χ4v) is 5.78. The molecule has 1 N–H and O–H groups in total. The first kappa shape index (κ1) is 18.5. The van der Waals surface area contributed by atoms with Crippen LogP contribution in [0.1, 0.15) is 32.1 Å². The highest BCUT2D eigenvalue weighted by atomic mass is 32.2. The Morgan fingerprint density at radius 3 is 2.68 bits per heavy atom. The third kappa shape index (κ3) is 4.85. The predicted molar refractivity (Wildman–Crippen MR) is 98.1 cm³/mol. The molecule has 0 bridgehead atoms. The van der Waals surface area contributed by atoms with Gasteiger partial charge in [-0.1, -0.05) is 12.8 Å². The van der Waals surface area contributed by atoms with Crippen LogP contribution >= 0.6 is 0 Å². The maximum absolute atomic E-state index is 11.7. The van der Waals surface area contributed by atoms with Crippen molar-refractivity contribution in [2.75, 3.05) is 44.7 Å². The van der Waals surface area contributed by atoms with Crippen molar-refractivity contribution >= 4 is 15.8 Å². The number of hydrogen-bond donors (Lipinski definition) is 1. The highest BCUT2D eigenvalue weighted by Crippen LogP contribution is 2.20. The van der Waals surface area contributed by atoms with Gasteiger partial charge in [0.1, 0.15) is 6.04 Å². The van der Waals surface area contributed by atoms with Crippen LogP contribution in [0.5, 0.6) is 0 Å². The first-order chi connectivity index (χ1) is 12.0. The summed E-state index contributed by atoms with van der Waals surface area (Å²) in [6, 6.07) is 2.68. The van der Waals surface area contributed by atoms with Gasteiger partial charge in [-0.25, -0.2) is 8.42 Å². The summed E-state index contributed by atoms with van der Waals surface area (Å²) in [7, 11) is -0.882. The van der Waals surface area contributed by atoms with Crippen LogP contribution in [0.15, 0.2) is 4.99 Å². The highest BCUT2D eigenvalue weighted by Gasteiger charge is 2.30. The van der Waals surface area contributed by atoms with Gasteiger partial charge in [0.05, 0.1) is 17.6 Å². The third-order valence-electron chi connectivity index (χ3n) is 5.61. The first-order valence-electron chi connectivity index (χ1n) is 9.33. The summed E-state index contributed by atoms with van der Waals surface area (Å²) in [6.45, 7) is 2.88. The van der Waals surface area contributed by atoms with Crippen molar-refractivity contribution in [1.82, 2.24) is 15.1 Å². The van der Waals surface area contributed by atoms with E-state index in [2.05, 4.69) is 21.2 Å². The van der Waals surface area contributed by atoms with E-state index in [4.69, 9.17) is 4.99 Å². The molecular weight excluding hydrogens is 338 g/mol. The molecule has 3 rings (SSSR count). The standard InChI is InChI=1S/C17H29N5O2S/c1-21-7-8-22(12-16(21)10-18)17(20-15-4-2-3-5-15)19-11-14-6-9-25(23,24)13-14/h14-16H,2-9,11-13H2,1H3,(H,19,20). The van der Waals surface area contributed by atoms with Crippen LogP contribution in [0, 0.1) is 17.2 Å². The average Bonchev–Trinajstić information content (AvgIpc) is 3.21. The van der Waals surface area contributed by atoms with Gasteiger partial charge < -0.3 is 10.2 Å². The summed E-state index contributed by atoms with van der Waals surface area (Å²) < 4.78 is 23.3. The maximum Gasteiger partial charge on any atom is 0.194 e. The Bertz CT molecular complexity index is 636. The highest BCUT2D eigenvalue weighted by molar-refractivity contribution is 7.91. The van der Waals surface area contributed by atoms with Gasteiger partial charge in [0, 0.05) is 32.2 Å².